The van der Waals surface area contributed by atoms with E-state index >= 15 is 0 Å². The van der Waals surface area contributed by atoms with E-state index in [1.165, 1.54) is 51.2 Å². The molecule has 4 aromatic carbocycles. The van der Waals surface area contributed by atoms with Gasteiger partial charge in [0.1, 0.15) is 12.2 Å². The maximum absolute atomic E-state index is 13.6. The summed E-state index contributed by atoms with van der Waals surface area (Å²) < 4.78 is 34.6. The van der Waals surface area contributed by atoms with Crippen LogP contribution in [0.15, 0.2) is 105 Å². The van der Waals surface area contributed by atoms with Gasteiger partial charge in [-0.25, -0.2) is 9.59 Å². The van der Waals surface area contributed by atoms with Crippen molar-refractivity contribution in [1.82, 2.24) is 9.80 Å². The highest BCUT2D eigenvalue weighted by Gasteiger charge is 2.34. The maximum Gasteiger partial charge on any atom is 0.331 e. The van der Waals surface area contributed by atoms with Crippen molar-refractivity contribution in [3.8, 4) is 23.0 Å². The minimum atomic E-state index is -0.893. The Morgan fingerprint density at radius 2 is 0.903 bits per heavy atom. The van der Waals surface area contributed by atoms with Crippen LogP contribution in [-0.4, -0.2) is 85.9 Å². The van der Waals surface area contributed by atoms with E-state index in [1.54, 1.807) is 12.1 Å². The van der Waals surface area contributed by atoms with Crippen LogP contribution < -0.4 is 18.9 Å². The van der Waals surface area contributed by atoms with Crippen molar-refractivity contribution in [2.75, 3.05) is 40.3 Å². The molecule has 14 nitrogen and oxygen atoms in total. The Kier molecular flexibility index (Phi) is 15.3. The fourth-order valence-electron chi connectivity index (χ4n) is 7.06. The molecular weight excluding hydrogens is 837 g/mol. The predicted molar refractivity (Wildman–Crippen MR) is 228 cm³/mol. The summed E-state index contributed by atoms with van der Waals surface area (Å²) in [6, 6.07) is 21.9. The number of esters is 6. The van der Waals surface area contributed by atoms with E-state index in [0.29, 0.717) is 46.8 Å². The van der Waals surface area contributed by atoms with Gasteiger partial charge in [0.2, 0.25) is 0 Å². The van der Waals surface area contributed by atoms with Crippen LogP contribution in [-0.2, 0) is 51.1 Å². The molecule has 16 heteroatoms. The van der Waals surface area contributed by atoms with Crippen LogP contribution in [0.2, 0.25) is 0 Å². The zero-order valence-electron chi connectivity index (χ0n) is 35.1. The summed E-state index contributed by atoms with van der Waals surface area (Å²) in [4.78, 5) is 83.2. The molecule has 0 bridgehead atoms. The number of carbonyl (C=O) groups excluding carboxylic acids is 6. The number of carbonyl (C=O) groups is 6. The van der Waals surface area contributed by atoms with E-state index in [1.807, 2.05) is 84.6 Å². The number of hydrogen-bond acceptors (Lipinski definition) is 16. The Bertz CT molecular complexity index is 2220. The molecule has 2 heterocycles. The van der Waals surface area contributed by atoms with Gasteiger partial charge < -0.3 is 38.2 Å². The van der Waals surface area contributed by atoms with Gasteiger partial charge in [-0.1, -0.05) is 59.9 Å². The summed E-state index contributed by atoms with van der Waals surface area (Å²) in [6.45, 7) is 6.61. The molecule has 4 aromatic rings. The Balaban J connectivity index is 1.31. The van der Waals surface area contributed by atoms with Crippen molar-refractivity contribution in [3.05, 3.63) is 107 Å². The van der Waals surface area contributed by atoms with Crippen molar-refractivity contribution in [2.45, 2.75) is 72.3 Å². The second kappa shape index (κ2) is 20.8. The first-order chi connectivity index (χ1) is 29.6. The van der Waals surface area contributed by atoms with E-state index in [9.17, 15) is 28.8 Å². The third-order valence-electron chi connectivity index (χ3n) is 9.61. The first-order valence-electron chi connectivity index (χ1n) is 19.7. The van der Waals surface area contributed by atoms with E-state index in [0.717, 1.165) is 33.1 Å². The quantitative estimate of drug-likeness (QED) is 0.0804. The molecular formula is C46H46N2O12S2. The third-order valence-corrected chi connectivity index (χ3v) is 11.9. The second-order valence-electron chi connectivity index (χ2n) is 14.6. The molecule has 324 valence electrons. The first-order valence-corrected chi connectivity index (χ1v) is 21.3. The van der Waals surface area contributed by atoms with Gasteiger partial charge in [0.25, 0.3) is 0 Å². The fourth-order valence-corrected chi connectivity index (χ4v) is 9.27. The van der Waals surface area contributed by atoms with Gasteiger partial charge in [-0.05, 0) is 74.5 Å². The molecule has 0 N–H and O–H groups in total. The molecule has 62 heavy (non-hydrogen) atoms. The molecule has 2 aliphatic rings. The standard InChI is InChI=1S/C46H46N2O12S2/c1-27(49)55-37-23-35-33(45(43(37)57-29(3)51)61-31-13-9-7-10-14-31)19-21-47(5)25-39(35)59-41(53)17-18-42(54)60-40-26-48(6)22-20-34-36(40)24-38(56-28(2)50)44(58-30(4)52)46(34)62-32-15-11-8-12-16-32/h7-18,23-24,39-40H,19-22,25-26H2,1-6H3/b18-17+. The molecule has 6 rings (SSSR count). The van der Waals surface area contributed by atoms with Crippen LogP contribution in [0.25, 0.3) is 0 Å². The number of fused-ring (bicyclic) bond motifs is 2. The number of ether oxygens (including phenoxy) is 6. The molecule has 0 aliphatic carbocycles. The largest absolute Gasteiger partial charge is 0.453 e. The molecule has 0 fully saturated rings. The van der Waals surface area contributed by atoms with Crippen molar-refractivity contribution < 1.29 is 57.2 Å². The first kappa shape index (κ1) is 45.6. The number of benzene rings is 4. The van der Waals surface area contributed by atoms with Gasteiger partial charge in [-0.3, -0.25) is 19.2 Å². The average Bonchev–Trinajstić information content (AvgIpc) is 3.46. The van der Waals surface area contributed by atoms with E-state index in [-0.39, 0.29) is 36.1 Å². The van der Waals surface area contributed by atoms with Gasteiger partial charge in [0, 0.05) is 86.9 Å². The molecule has 2 unspecified atom stereocenters. The molecule has 0 radical (unpaired) electrons. The summed E-state index contributed by atoms with van der Waals surface area (Å²) in [5.41, 5.74) is 2.57. The van der Waals surface area contributed by atoms with E-state index < -0.39 is 48.0 Å². The Morgan fingerprint density at radius 1 is 0.548 bits per heavy atom. The van der Waals surface area contributed by atoms with Crippen LogP contribution in [0.4, 0.5) is 0 Å². The zero-order chi connectivity index (χ0) is 44.5. The highest BCUT2D eigenvalue weighted by molar-refractivity contribution is 7.99. The summed E-state index contributed by atoms with van der Waals surface area (Å²) in [5.74, 6) is -4.05. The highest BCUT2D eigenvalue weighted by atomic mass is 32.2. The average molecular weight is 883 g/mol. The lowest BCUT2D eigenvalue weighted by Crippen LogP contribution is -2.26. The van der Waals surface area contributed by atoms with E-state index in [4.69, 9.17) is 28.4 Å². The Labute approximate surface area is 367 Å². The van der Waals surface area contributed by atoms with Crippen LogP contribution in [0.5, 0.6) is 23.0 Å². The highest BCUT2D eigenvalue weighted by Crippen LogP contribution is 2.49. The fraction of sp³-hybridized carbons (Fsp3) is 0.304. The van der Waals surface area contributed by atoms with Gasteiger partial charge in [-0.15, -0.1) is 0 Å². The lowest BCUT2D eigenvalue weighted by atomic mass is 9.99. The monoisotopic (exact) mass is 882 g/mol. The second-order valence-corrected chi connectivity index (χ2v) is 16.8. The minimum Gasteiger partial charge on any atom is -0.453 e. The van der Waals surface area contributed by atoms with Gasteiger partial charge in [0.15, 0.2) is 23.0 Å². The topological polar surface area (TPSA) is 164 Å². The maximum atomic E-state index is 13.6. The van der Waals surface area contributed by atoms with Gasteiger partial charge in [-0.2, -0.15) is 0 Å². The van der Waals surface area contributed by atoms with Gasteiger partial charge in [0.05, 0.1) is 9.79 Å². The molecule has 0 aromatic heterocycles. The van der Waals surface area contributed by atoms with E-state index in [2.05, 4.69) is 0 Å². The number of rotatable bonds is 12. The number of hydrogen-bond donors (Lipinski definition) is 0. The zero-order valence-corrected chi connectivity index (χ0v) is 36.7. The van der Waals surface area contributed by atoms with Crippen molar-refractivity contribution in [1.29, 1.82) is 0 Å². The lowest BCUT2D eigenvalue weighted by molar-refractivity contribution is -0.147. The predicted octanol–water partition coefficient (Wildman–Crippen LogP) is 7.09. The van der Waals surface area contributed by atoms with Crippen molar-refractivity contribution in [3.63, 3.8) is 0 Å². The molecule has 0 saturated heterocycles. The van der Waals surface area contributed by atoms with Crippen LogP contribution in [0.3, 0.4) is 0 Å². The SMILES string of the molecule is CC(=O)Oc1cc2c(c(Sc3ccccc3)c1OC(C)=O)CCN(C)CC2OC(=O)/C=C/C(=O)OC1CN(C)CCc2c1cc(OC(C)=O)c(OC(C)=O)c2Sc1ccccc1. The van der Waals surface area contributed by atoms with Crippen LogP contribution in [0, 0.1) is 0 Å². The summed E-state index contributed by atoms with van der Waals surface area (Å²) in [7, 11) is 3.74. The van der Waals surface area contributed by atoms with Crippen LogP contribution in [0.1, 0.15) is 62.2 Å². The summed E-state index contributed by atoms with van der Waals surface area (Å²) >= 11 is 2.65. The summed E-state index contributed by atoms with van der Waals surface area (Å²) in [6.07, 6.45) is 1.15. The third kappa shape index (κ3) is 11.9. The van der Waals surface area contributed by atoms with Crippen LogP contribution >= 0.6 is 23.5 Å². The Hall–Kier alpha value is -5.94. The molecule has 2 aliphatic heterocycles. The molecule has 0 saturated carbocycles. The van der Waals surface area contributed by atoms with Crippen molar-refractivity contribution >= 4 is 59.3 Å². The van der Waals surface area contributed by atoms with Crippen molar-refractivity contribution in [2.24, 2.45) is 0 Å². The minimum absolute atomic E-state index is 0.00887. The number of likely N-dealkylation sites (N-methyl/N-ethyl adjacent to an activating group) is 2. The molecule has 0 spiro atoms. The number of nitrogens with zero attached hydrogens (tertiary/aromatic N) is 2. The van der Waals surface area contributed by atoms with Gasteiger partial charge >= 0.3 is 35.8 Å². The molecule has 2 atom stereocenters. The summed E-state index contributed by atoms with van der Waals surface area (Å²) in [5, 5.41) is 0. The smallest absolute Gasteiger partial charge is 0.331 e. The normalized spacial score (nSPS) is 16.5. The Morgan fingerprint density at radius 3 is 1.24 bits per heavy atom. The lowest BCUT2D eigenvalue weighted by Gasteiger charge is -2.24. The molecule has 0 amide bonds.